The van der Waals surface area contributed by atoms with E-state index in [9.17, 15) is 28.6 Å². The Bertz CT molecular complexity index is 1050. The minimum absolute atomic E-state index is 0.0978. The number of sulfonamides is 1. The van der Waals surface area contributed by atoms with Gasteiger partial charge in [0.05, 0.1) is 14.7 Å². The van der Waals surface area contributed by atoms with Crippen LogP contribution in [0, 0.1) is 20.2 Å². The van der Waals surface area contributed by atoms with Gasteiger partial charge in [-0.25, -0.2) is 8.42 Å². The van der Waals surface area contributed by atoms with E-state index >= 15 is 0 Å². The second-order valence-electron chi connectivity index (χ2n) is 5.97. The predicted molar refractivity (Wildman–Crippen MR) is 99.3 cm³/mol. The molecule has 0 aromatic heterocycles. The fraction of sp³-hybridized carbons (Fsp3) is 0.250. The molecule has 1 aliphatic heterocycles. The maximum absolute atomic E-state index is 12.6. The van der Waals surface area contributed by atoms with Crippen LogP contribution in [0.25, 0.3) is 0 Å². The summed E-state index contributed by atoms with van der Waals surface area (Å²) in [5.41, 5.74) is -1.10. The fourth-order valence-electron chi connectivity index (χ4n) is 2.80. The van der Waals surface area contributed by atoms with Crippen molar-refractivity contribution in [3.63, 3.8) is 0 Å². The van der Waals surface area contributed by atoms with Gasteiger partial charge in [0.2, 0.25) is 21.5 Å². The van der Waals surface area contributed by atoms with Crippen LogP contribution in [0.1, 0.15) is 12.8 Å². The molecule has 1 saturated heterocycles. The van der Waals surface area contributed by atoms with Gasteiger partial charge >= 0.3 is 11.4 Å². The summed E-state index contributed by atoms with van der Waals surface area (Å²) in [7, 11) is -3.86. The lowest BCUT2D eigenvalue weighted by Crippen LogP contribution is -2.27. The Morgan fingerprint density at radius 1 is 0.929 bits per heavy atom. The van der Waals surface area contributed by atoms with Crippen molar-refractivity contribution in [2.24, 2.45) is 0 Å². The minimum atomic E-state index is -3.86. The Balaban J connectivity index is 2.02. The molecule has 1 fully saturated rings. The lowest BCUT2D eigenvalue weighted by Gasteiger charge is -2.15. The Morgan fingerprint density at radius 2 is 1.46 bits per heavy atom. The quantitative estimate of drug-likeness (QED) is 0.506. The molecule has 12 heteroatoms. The van der Waals surface area contributed by atoms with Crippen LogP contribution in [-0.4, -0.2) is 35.7 Å². The van der Waals surface area contributed by atoms with Crippen LogP contribution in [0.3, 0.4) is 0 Å². The van der Waals surface area contributed by atoms with Crippen LogP contribution in [0.15, 0.2) is 41.3 Å². The van der Waals surface area contributed by atoms with Gasteiger partial charge in [0.25, 0.3) is 0 Å². The zero-order chi connectivity index (χ0) is 20.5. The Labute approximate surface area is 164 Å². The molecular weight excluding hydrogens is 414 g/mol. The van der Waals surface area contributed by atoms with Crippen molar-refractivity contribution in [1.82, 2.24) is 4.31 Å². The standard InChI is InChI=1S/C16H14ClN3O7S/c17-11-3-5-15(13(9-11)19(21)22)27-16-6-4-12(10-14(16)20(23)24)28(25,26)18-7-1-2-8-18/h3-6,9-10H,1-2,7-8H2. The number of nitrogens with zero attached hydrogens (tertiary/aromatic N) is 3. The first-order chi connectivity index (χ1) is 13.2. The van der Waals surface area contributed by atoms with Gasteiger partial charge in [-0.3, -0.25) is 20.2 Å². The van der Waals surface area contributed by atoms with Gasteiger partial charge in [-0.2, -0.15) is 4.31 Å². The summed E-state index contributed by atoms with van der Waals surface area (Å²) in [5, 5.41) is 22.7. The van der Waals surface area contributed by atoms with E-state index in [-0.39, 0.29) is 21.4 Å². The third-order valence-electron chi connectivity index (χ3n) is 4.17. The summed E-state index contributed by atoms with van der Waals surface area (Å²) >= 11 is 5.74. The van der Waals surface area contributed by atoms with E-state index in [1.54, 1.807) is 0 Å². The Kier molecular flexibility index (Phi) is 5.49. The number of nitro benzene ring substituents is 2. The van der Waals surface area contributed by atoms with Crippen LogP contribution in [0.4, 0.5) is 11.4 Å². The van der Waals surface area contributed by atoms with Gasteiger partial charge in [0.1, 0.15) is 0 Å². The van der Waals surface area contributed by atoms with Gasteiger partial charge in [-0.05, 0) is 37.1 Å². The van der Waals surface area contributed by atoms with Crippen molar-refractivity contribution in [3.8, 4) is 11.5 Å². The highest BCUT2D eigenvalue weighted by atomic mass is 35.5. The van der Waals surface area contributed by atoms with Crippen molar-refractivity contribution in [1.29, 1.82) is 0 Å². The number of hydrogen-bond acceptors (Lipinski definition) is 7. The molecule has 0 aliphatic carbocycles. The van der Waals surface area contributed by atoms with Crippen molar-refractivity contribution < 1.29 is 23.0 Å². The molecule has 0 N–H and O–H groups in total. The molecule has 1 heterocycles. The second kappa shape index (κ2) is 7.70. The normalized spacial score (nSPS) is 14.8. The number of halogens is 1. The molecule has 0 spiro atoms. The number of rotatable bonds is 6. The largest absolute Gasteiger partial charge is 0.443 e. The van der Waals surface area contributed by atoms with E-state index in [1.807, 2.05) is 0 Å². The van der Waals surface area contributed by atoms with Crippen molar-refractivity contribution in [2.45, 2.75) is 17.7 Å². The monoisotopic (exact) mass is 427 g/mol. The van der Waals surface area contributed by atoms with Gasteiger partial charge in [0, 0.05) is 30.2 Å². The van der Waals surface area contributed by atoms with Crippen LogP contribution >= 0.6 is 11.6 Å². The summed E-state index contributed by atoms with van der Waals surface area (Å²) in [6.45, 7) is 0.705. The molecule has 148 valence electrons. The van der Waals surface area contributed by atoms with E-state index in [1.165, 1.54) is 22.5 Å². The molecule has 0 atom stereocenters. The van der Waals surface area contributed by atoms with Gasteiger partial charge in [-0.15, -0.1) is 0 Å². The van der Waals surface area contributed by atoms with E-state index in [4.69, 9.17) is 16.3 Å². The van der Waals surface area contributed by atoms with Crippen molar-refractivity contribution >= 4 is 33.0 Å². The molecule has 2 aromatic rings. The number of hydrogen-bond donors (Lipinski definition) is 0. The molecule has 0 unspecified atom stereocenters. The third-order valence-corrected chi connectivity index (χ3v) is 6.30. The Hall–Kier alpha value is -2.76. The number of nitro groups is 2. The maximum Gasteiger partial charge on any atom is 0.313 e. The zero-order valence-corrected chi connectivity index (χ0v) is 15.9. The van der Waals surface area contributed by atoms with Crippen molar-refractivity contribution in [2.75, 3.05) is 13.1 Å². The lowest BCUT2D eigenvalue weighted by atomic mass is 10.2. The first-order valence-electron chi connectivity index (χ1n) is 8.10. The molecular formula is C16H14ClN3O7S. The van der Waals surface area contributed by atoms with Crippen LogP contribution in [0.5, 0.6) is 11.5 Å². The Morgan fingerprint density at radius 3 is 2.04 bits per heavy atom. The summed E-state index contributed by atoms with van der Waals surface area (Å²) in [6.07, 6.45) is 1.45. The maximum atomic E-state index is 12.6. The van der Waals surface area contributed by atoms with Crippen molar-refractivity contribution in [3.05, 3.63) is 61.6 Å². The molecule has 0 saturated carbocycles. The topological polar surface area (TPSA) is 133 Å². The highest BCUT2D eigenvalue weighted by Gasteiger charge is 2.30. The summed E-state index contributed by atoms with van der Waals surface area (Å²) < 4.78 is 31.9. The molecule has 28 heavy (non-hydrogen) atoms. The van der Waals surface area contributed by atoms with Crippen LogP contribution < -0.4 is 4.74 Å². The third kappa shape index (κ3) is 3.91. The first-order valence-corrected chi connectivity index (χ1v) is 9.92. The fourth-order valence-corrected chi connectivity index (χ4v) is 4.51. The molecule has 10 nitrogen and oxygen atoms in total. The van der Waals surface area contributed by atoms with Crippen LogP contribution in [0.2, 0.25) is 5.02 Å². The molecule has 3 rings (SSSR count). The highest BCUT2D eigenvalue weighted by molar-refractivity contribution is 7.89. The predicted octanol–water partition coefficient (Wildman–Crippen LogP) is 3.73. The summed E-state index contributed by atoms with van der Waals surface area (Å²) in [4.78, 5) is 20.8. The zero-order valence-electron chi connectivity index (χ0n) is 14.3. The number of benzene rings is 2. The summed E-state index contributed by atoms with van der Waals surface area (Å²) in [6, 6.07) is 6.78. The van der Waals surface area contributed by atoms with E-state index in [0.717, 1.165) is 31.0 Å². The minimum Gasteiger partial charge on any atom is -0.443 e. The molecule has 2 aromatic carbocycles. The number of ether oxygens (including phenoxy) is 1. The molecule has 0 amide bonds. The van der Waals surface area contributed by atoms with Gasteiger partial charge in [-0.1, -0.05) is 11.6 Å². The van der Waals surface area contributed by atoms with E-state index < -0.39 is 31.2 Å². The lowest BCUT2D eigenvalue weighted by molar-refractivity contribution is -0.387. The molecule has 1 aliphatic rings. The molecule has 0 bridgehead atoms. The first kappa shape index (κ1) is 20.0. The highest BCUT2D eigenvalue weighted by Crippen LogP contribution is 2.38. The average molecular weight is 428 g/mol. The van der Waals surface area contributed by atoms with E-state index in [2.05, 4.69) is 0 Å². The molecule has 0 radical (unpaired) electrons. The van der Waals surface area contributed by atoms with Gasteiger partial charge < -0.3 is 4.74 Å². The SMILES string of the molecule is O=[N+]([O-])c1cc(Cl)ccc1Oc1ccc(S(=O)(=O)N2CCCC2)cc1[N+](=O)[O-]. The smallest absolute Gasteiger partial charge is 0.313 e. The average Bonchev–Trinajstić information content (AvgIpc) is 3.18. The summed E-state index contributed by atoms with van der Waals surface area (Å²) in [5.74, 6) is -0.580. The van der Waals surface area contributed by atoms with Gasteiger partial charge in [0.15, 0.2) is 0 Å². The van der Waals surface area contributed by atoms with E-state index in [0.29, 0.717) is 13.1 Å². The van der Waals surface area contributed by atoms with Crippen LogP contribution in [-0.2, 0) is 10.0 Å². The second-order valence-corrected chi connectivity index (χ2v) is 8.34.